The van der Waals surface area contributed by atoms with Gasteiger partial charge in [-0.1, -0.05) is 0 Å². The summed E-state index contributed by atoms with van der Waals surface area (Å²) in [6.07, 6.45) is -0.315. The minimum atomic E-state index is -1.20. The Morgan fingerprint density at radius 3 is 2.20 bits per heavy atom. The molecular weight excluding hydrogens is 204 g/mol. The Labute approximate surface area is 86.4 Å². The Balaban J connectivity index is 3.75. The van der Waals surface area contributed by atoms with Gasteiger partial charge < -0.3 is 21.3 Å². The summed E-state index contributed by atoms with van der Waals surface area (Å²) >= 11 is 0. The summed E-state index contributed by atoms with van der Waals surface area (Å²) in [5.41, 5.74) is 10.2. The van der Waals surface area contributed by atoms with Crippen LogP contribution < -0.4 is 11.5 Å². The van der Waals surface area contributed by atoms with Gasteiger partial charge in [0.1, 0.15) is 6.04 Å². The monoisotopic (exact) mass is 218 g/mol. The number of carboxylic acid groups (broad SMARTS) is 1. The van der Waals surface area contributed by atoms with Crippen molar-refractivity contribution in [3.8, 4) is 0 Å². The molecule has 0 saturated carbocycles. The lowest BCUT2D eigenvalue weighted by molar-refractivity contribution is -0.159. The first kappa shape index (κ1) is 13.5. The molecule has 0 unspecified atom stereocenters. The van der Waals surface area contributed by atoms with Gasteiger partial charge >= 0.3 is 17.9 Å². The van der Waals surface area contributed by atoms with Crippen LogP contribution >= 0.6 is 0 Å². The van der Waals surface area contributed by atoms with Gasteiger partial charge in [0.05, 0.1) is 6.42 Å². The molecule has 0 rings (SSSR count). The van der Waals surface area contributed by atoms with E-state index >= 15 is 0 Å². The van der Waals surface area contributed by atoms with Gasteiger partial charge in [0, 0.05) is 13.0 Å². The van der Waals surface area contributed by atoms with E-state index in [2.05, 4.69) is 4.74 Å². The van der Waals surface area contributed by atoms with E-state index in [1.54, 1.807) is 0 Å². The molecular formula is C8H14N2O5. The maximum atomic E-state index is 10.9. The second-order valence-electron chi connectivity index (χ2n) is 2.87. The molecule has 15 heavy (non-hydrogen) atoms. The molecule has 0 radical (unpaired) electrons. The number of nitrogens with two attached hydrogens (primary N) is 2. The van der Waals surface area contributed by atoms with E-state index in [4.69, 9.17) is 16.6 Å². The lowest BCUT2D eigenvalue weighted by atomic mass is 10.2. The second kappa shape index (κ2) is 6.91. The molecule has 0 saturated heterocycles. The summed E-state index contributed by atoms with van der Waals surface area (Å²) in [5.74, 6) is -2.70. The third-order valence-electron chi connectivity index (χ3n) is 1.55. The zero-order valence-electron chi connectivity index (χ0n) is 8.14. The first-order valence-electron chi connectivity index (χ1n) is 4.39. The Kier molecular flexibility index (Phi) is 6.23. The fraction of sp³-hybridized carbons (Fsp3) is 0.625. The number of aliphatic carboxylic acids is 1. The molecule has 0 aromatic rings. The standard InChI is InChI=1S/C8H14N2O5/c9-4-3-7(12)15-6(11)2-1-5(10)8(13)14/h5H,1-4,9-10H2,(H,13,14)/t5-/m0/s1. The SMILES string of the molecule is NCCC(=O)OC(=O)CC[C@H](N)C(=O)O. The van der Waals surface area contributed by atoms with E-state index in [0.717, 1.165) is 0 Å². The Morgan fingerprint density at radius 2 is 1.73 bits per heavy atom. The summed E-state index contributed by atoms with van der Waals surface area (Å²) in [7, 11) is 0. The smallest absolute Gasteiger partial charge is 0.320 e. The number of carbonyl (C=O) groups excluding carboxylic acids is 2. The van der Waals surface area contributed by atoms with Gasteiger partial charge in [-0.2, -0.15) is 0 Å². The molecule has 1 atom stereocenters. The van der Waals surface area contributed by atoms with Gasteiger partial charge in [-0.25, -0.2) is 0 Å². The number of esters is 2. The second-order valence-corrected chi connectivity index (χ2v) is 2.87. The van der Waals surface area contributed by atoms with Gasteiger partial charge in [0.15, 0.2) is 0 Å². The highest BCUT2D eigenvalue weighted by atomic mass is 16.6. The Hall–Kier alpha value is -1.47. The van der Waals surface area contributed by atoms with Crippen LogP contribution in [0.3, 0.4) is 0 Å². The largest absolute Gasteiger partial charge is 0.480 e. The van der Waals surface area contributed by atoms with Crippen molar-refractivity contribution in [3.05, 3.63) is 0 Å². The van der Waals surface area contributed by atoms with Crippen LogP contribution in [0.4, 0.5) is 0 Å². The first-order chi connectivity index (χ1) is 6.97. The number of carbonyl (C=O) groups is 3. The predicted molar refractivity (Wildman–Crippen MR) is 49.6 cm³/mol. The maximum absolute atomic E-state index is 10.9. The van der Waals surface area contributed by atoms with Crippen LogP contribution in [0, 0.1) is 0 Å². The van der Waals surface area contributed by atoms with Crippen LogP contribution in [0.1, 0.15) is 19.3 Å². The lowest BCUT2D eigenvalue weighted by Crippen LogP contribution is -2.31. The fourth-order valence-electron chi connectivity index (χ4n) is 0.744. The molecule has 7 heteroatoms. The lowest BCUT2D eigenvalue weighted by Gasteiger charge is -2.05. The highest BCUT2D eigenvalue weighted by Crippen LogP contribution is 1.98. The predicted octanol–water partition coefficient (Wildman–Crippen LogP) is -1.40. The van der Waals surface area contributed by atoms with Crippen LogP contribution in [0.5, 0.6) is 0 Å². The summed E-state index contributed by atoms with van der Waals surface area (Å²) in [4.78, 5) is 32.0. The average molecular weight is 218 g/mol. The minimum Gasteiger partial charge on any atom is -0.480 e. The number of ether oxygens (including phenoxy) is 1. The molecule has 0 aromatic heterocycles. The van der Waals surface area contributed by atoms with Gasteiger partial charge in [0.2, 0.25) is 0 Å². The van der Waals surface area contributed by atoms with Gasteiger partial charge in [-0.15, -0.1) is 0 Å². The molecule has 0 amide bonds. The molecule has 0 aromatic carbocycles. The van der Waals surface area contributed by atoms with E-state index in [1.807, 2.05) is 0 Å². The van der Waals surface area contributed by atoms with Crippen LogP contribution in [0.15, 0.2) is 0 Å². The molecule has 86 valence electrons. The fourth-order valence-corrected chi connectivity index (χ4v) is 0.744. The summed E-state index contributed by atoms with van der Waals surface area (Å²) in [5, 5.41) is 8.40. The molecule has 0 fully saturated rings. The molecule has 0 aliphatic carbocycles. The molecule has 5 N–H and O–H groups in total. The van der Waals surface area contributed by atoms with Crippen LogP contribution in [0.25, 0.3) is 0 Å². The van der Waals surface area contributed by atoms with Gasteiger partial charge in [-0.3, -0.25) is 14.4 Å². The number of rotatable bonds is 6. The van der Waals surface area contributed by atoms with Crippen LogP contribution in [-0.2, 0) is 19.1 Å². The zero-order valence-corrected chi connectivity index (χ0v) is 8.14. The average Bonchev–Trinajstić information content (AvgIpc) is 2.14. The topological polar surface area (TPSA) is 133 Å². The number of hydrogen-bond acceptors (Lipinski definition) is 6. The minimum absolute atomic E-state index is 0.0449. The zero-order chi connectivity index (χ0) is 11.8. The van der Waals surface area contributed by atoms with E-state index in [1.165, 1.54) is 0 Å². The van der Waals surface area contributed by atoms with Crippen LogP contribution in [0.2, 0.25) is 0 Å². The van der Waals surface area contributed by atoms with Crippen molar-refractivity contribution < 1.29 is 24.2 Å². The summed E-state index contributed by atoms with van der Waals surface area (Å²) in [6, 6.07) is -1.12. The van der Waals surface area contributed by atoms with E-state index < -0.39 is 23.9 Å². The molecule has 0 bridgehead atoms. The van der Waals surface area contributed by atoms with Crippen molar-refractivity contribution in [3.63, 3.8) is 0 Å². The highest BCUT2D eigenvalue weighted by molar-refractivity contribution is 5.85. The molecule has 7 nitrogen and oxygen atoms in total. The van der Waals surface area contributed by atoms with Crippen LogP contribution in [-0.4, -0.2) is 35.6 Å². The Morgan fingerprint density at radius 1 is 1.20 bits per heavy atom. The first-order valence-corrected chi connectivity index (χ1v) is 4.39. The van der Waals surface area contributed by atoms with Crippen molar-refractivity contribution in [1.29, 1.82) is 0 Å². The summed E-state index contributed by atoms with van der Waals surface area (Å²) in [6.45, 7) is 0.0980. The van der Waals surface area contributed by atoms with Crippen molar-refractivity contribution in [2.75, 3.05) is 6.54 Å². The summed E-state index contributed by atoms with van der Waals surface area (Å²) < 4.78 is 4.31. The van der Waals surface area contributed by atoms with Crippen molar-refractivity contribution in [2.24, 2.45) is 11.5 Å². The quantitative estimate of drug-likeness (QED) is 0.368. The van der Waals surface area contributed by atoms with E-state index in [0.29, 0.717) is 0 Å². The van der Waals surface area contributed by atoms with E-state index in [9.17, 15) is 14.4 Å². The third-order valence-corrected chi connectivity index (χ3v) is 1.55. The normalized spacial score (nSPS) is 11.9. The molecule has 0 aliphatic rings. The highest BCUT2D eigenvalue weighted by Gasteiger charge is 2.15. The van der Waals surface area contributed by atoms with Gasteiger partial charge in [-0.05, 0) is 6.42 Å². The van der Waals surface area contributed by atoms with Crippen molar-refractivity contribution in [1.82, 2.24) is 0 Å². The van der Waals surface area contributed by atoms with Crippen molar-refractivity contribution in [2.45, 2.75) is 25.3 Å². The van der Waals surface area contributed by atoms with Crippen molar-refractivity contribution >= 4 is 17.9 Å². The number of carboxylic acids is 1. The third kappa shape index (κ3) is 6.58. The molecule has 0 aliphatic heterocycles. The van der Waals surface area contributed by atoms with Gasteiger partial charge in [0.25, 0.3) is 0 Å². The number of hydrogen-bond donors (Lipinski definition) is 3. The van der Waals surface area contributed by atoms with E-state index in [-0.39, 0.29) is 25.8 Å². The Bertz CT molecular complexity index is 253. The maximum Gasteiger partial charge on any atom is 0.320 e. The molecule has 0 heterocycles. The molecule has 0 spiro atoms.